The molecule has 0 saturated heterocycles. The maximum Gasteiger partial charge on any atom is 0.223 e. The Morgan fingerprint density at radius 2 is 1.88 bits per heavy atom. The molecule has 2 fully saturated rings. The molecule has 0 unspecified atom stereocenters. The quantitative estimate of drug-likeness (QED) is 0.830. The fourth-order valence-electron chi connectivity index (χ4n) is 2.06. The zero-order chi connectivity index (χ0) is 11.2. The minimum Gasteiger partial charge on any atom is -0.346 e. The number of hydrogen-bond acceptors (Lipinski definition) is 1. The van der Waals surface area contributed by atoms with Crippen molar-refractivity contribution in [1.82, 2.24) is 5.32 Å². The summed E-state index contributed by atoms with van der Waals surface area (Å²) in [6, 6.07) is 6.46. The summed E-state index contributed by atoms with van der Waals surface area (Å²) >= 11 is 0. The zero-order valence-electron chi connectivity index (χ0n) is 9.00. The third-order valence-electron chi connectivity index (χ3n) is 3.46. The van der Waals surface area contributed by atoms with Gasteiger partial charge in [0.1, 0.15) is 5.82 Å². The van der Waals surface area contributed by atoms with Gasteiger partial charge in [0.05, 0.1) is 5.54 Å². The largest absolute Gasteiger partial charge is 0.346 e. The van der Waals surface area contributed by atoms with Crippen LogP contribution in [0.1, 0.15) is 31.2 Å². The van der Waals surface area contributed by atoms with Crippen LogP contribution in [0.15, 0.2) is 24.3 Å². The minimum absolute atomic E-state index is 0.168. The Bertz CT molecular complexity index is 418. The van der Waals surface area contributed by atoms with Gasteiger partial charge >= 0.3 is 0 Å². The van der Waals surface area contributed by atoms with Crippen LogP contribution in [0.25, 0.3) is 0 Å². The third kappa shape index (κ3) is 1.70. The van der Waals surface area contributed by atoms with Crippen LogP contribution in [-0.4, -0.2) is 5.91 Å². The number of halogens is 1. The lowest BCUT2D eigenvalue weighted by molar-refractivity contribution is -0.123. The lowest BCUT2D eigenvalue weighted by Crippen LogP contribution is -2.35. The summed E-state index contributed by atoms with van der Waals surface area (Å²) in [5.41, 5.74) is 0.843. The van der Waals surface area contributed by atoms with Gasteiger partial charge in [-0.3, -0.25) is 4.79 Å². The molecule has 1 amide bonds. The number of carbonyl (C=O) groups excluding carboxylic acids is 1. The summed E-state index contributed by atoms with van der Waals surface area (Å²) in [5, 5.41) is 3.10. The Morgan fingerprint density at radius 3 is 2.38 bits per heavy atom. The van der Waals surface area contributed by atoms with Crippen LogP contribution < -0.4 is 5.32 Å². The second-order valence-electron chi connectivity index (χ2n) is 4.85. The van der Waals surface area contributed by atoms with E-state index in [1.54, 1.807) is 12.1 Å². The van der Waals surface area contributed by atoms with E-state index in [0.29, 0.717) is 0 Å². The first-order valence-electron chi connectivity index (χ1n) is 5.78. The number of rotatable bonds is 3. The Balaban J connectivity index is 1.77. The van der Waals surface area contributed by atoms with E-state index >= 15 is 0 Å². The highest BCUT2D eigenvalue weighted by Gasteiger charge is 2.47. The van der Waals surface area contributed by atoms with Gasteiger partial charge in [-0.2, -0.15) is 0 Å². The second-order valence-corrected chi connectivity index (χ2v) is 4.85. The maximum atomic E-state index is 12.8. The first kappa shape index (κ1) is 9.82. The molecule has 0 heterocycles. The van der Waals surface area contributed by atoms with Crippen LogP contribution in [-0.2, 0) is 10.3 Å². The van der Waals surface area contributed by atoms with Crippen molar-refractivity contribution >= 4 is 5.91 Å². The molecular weight excluding hydrogens is 205 g/mol. The summed E-state index contributed by atoms with van der Waals surface area (Å²) in [7, 11) is 0. The van der Waals surface area contributed by atoms with E-state index in [9.17, 15) is 9.18 Å². The van der Waals surface area contributed by atoms with Crippen molar-refractivity contribution in [3.63, 3.8) is 0 Å². The summed E-state index contributed by atoms with van der Waals surface area (Å²) in [6.07, 6.45) is 3.98. The highest BCUT2D eigenvalue weighted by molar-refractivity contribution is 5.82. The van der Waals surface area contributed by atoms with Gasteiger partial charge in [0.2, 0.25) is 5.91 Å². The van der Waals surface area contributed by atoms with E-state index in [4.69, 9.17) is 0 Å². The van der Waals surface area contributed by atoms with Crippen LogP contribution in [0.5, 0.6) is 0 Å². The van der Waals surface area contributed by atoms with Gasteiger partial charge in [0, 0.05) is 5.92 Å². The molecule has 84 valence electrons. The zero-order valence-corrected chi connectivity index (χ0v) is 9.00. The van der Waals surface area contributed by atoms with Crippen molar-refractivity contribution in [3.05, 3.63) is 35.6 Å². The number of carbonyl (C=O) groups is 1. The van der Waals surface area contributed by atoms with Crippen molar-refractivity contribution in [3.8, 4) is 0 Å². The summed E-state index contributed by atoms with van der Waals surface area (Å²) in [5.74, 6) is 0.174. The Hall–Kier alpha value is -1.38. The maximum absolute atomic E-state index is 12.8. The SMILES string of the molecule is O=C(NC1(c2ccc(F)cc2)CC1)C1CC1. The summed E-state index contributed by atoms with van der Waals surface area (Å²) in [4.78, 5) is 11.7. The predicted octanol–water partition coefficient (Wildman–Crippen LogP) is 2.34. The molecule has 0 atom stereocenters. The van der Waals surface area contributed by atoms with Crippen LogP contribution in [0.2, 0.25) is 0 Å². The number of benzene rings is 1. The molecule has 16 heavy (non-hydrogen) atoms. The Labute approximate surface area is 93.9 Å². The highest BCUT2D eigenvalue weighted by atomic mass is 19.1. The summed E-state index contributed by atoms with van der Waals surface area (Å²) in [6.45, 7) is 0. The van der Waals surface area contributed by atoms with Crippen molar-refractivity contribution in [2.24, 2.45) is 5.92 Å². The van der Waals surface area contributed by atoms with Crippen LogP contribution in [0.3, 0.4) is 0 Å². The van der Waals surface area contributed by atoms with E-state index in [0.717, 1.165) is 31.2 Å². The monoisotopic (exact) mass is 219 g/mol. The normalized spacial score (nSPS) is 21.6. The molecule has 0 bridgehead atoms. The molecule has 1 aromatic carbocycles. The van der Waals surface area contributed by atoms with Gasteiger partial charge in [0.15, 0.2) is 0 Å². The molecule has 2 aliphatic carbocycles. The number of amides is 1. The number of nitrogens with one attached hydrogen (secondary N) is 1. The second kappa shape index (κ2) is 3.30. The standard InChI is InChI=1S/C13H14FNO/c14-11-5-3-10(4-6-11)13(7-8-13)15-12(16)9-1-2-9/h3-6,9H,1-2,7-8H2,(H,15,16). The molecule has 0 spiro atoms. The van der Waals surface area contributed by atoms with E-state index in [-0.39, 0.29) is 23.2 Å². The first-order valence-corrected chi connectivity index (χ1v) is 5.78. The van der Waals surface area contributed by atoms with E-state index in [1.165, 1.54) is 12.1 Å². The molecule has 0 aliphatic heterocycles. The average Bonchev–Trinajstić information content (AvgIpc) is 3.13. The van der Waals surface area contributed by atoms with E-state index < -0.39 is 0 Å². The molecule has 1 aromatic rings. The molecule has 0 radical (unpaired) electrons. The highest BCUT2D eigenvalue weighted by Crippen LogP contribution is 2.46. The van der Waals surface area contributed by atoms with Crippen molar-refractivity contribution < 1.29 is 9.18 Å². The molecule has 2 nitrogen and oxygen atoms in total. The van der Waals surface area contributed by atoms with Crippen LogP contribution >= 0.6 is 0 Å². The molecule has 0 aromatic heterocycles. The van der Waals surface area contributed by atoms with Gasteiger partial charge in [0.25, 0.3) is 0 Å². The third-order valence-corrected chi connectivity index (χ3v) is 3.46. The van der Waals surface area contributed by atoms with E-state index in [2.05, 4.69) is 5.32 Å². The fourth-order valence-corrected chi connectivity index (χ4v) is 2.06. The molecular formula is C13H14FNO. The van der Waals surface area contributed by atoms with Gasteiger partial charge in [-0.1, -0.05) is 12.1 Å². The average molecular weight is 219 g/mol. The molecule has 2 aliphatic rings. The van der Waals surface area contributed by atoms with Gasteiger partial charge in [-0.15, -0.1) is 0 Å². The Morgan fingerprint density at radius 1 is 1.25 bits per heavy atom. The lowest BCUT2D eigenvalue weighted by atomic mass is 10.0. The van der Waals surface area contributed by atoms with Gasteiger partial charge < -0.3 is 5.32 Å². The lowest BCUT2D eigenvalue weighted by Gasteiger charge is -2.17. The topological polar surface area (TPSA) is 29.1 Å². The molecule has 3 rings (SSSR count). The van der Waals surface area contributed by atoms with Crippen molar-refractivity contribution in [2.45, 2.75) is 31.2 Å². The Kier molecular flexibility index (Phi) is 2.03. The predicted molar refractivity (Wildman–Crippen MR) is 58.2 cm³/mol. The van der Waals surface area contributed by atoms with Crippen molar-refractivity contribution in [1.29, 1.82) is 0 Å². The summed E-state index contributed by atoms with van der Waals surface area (Å²) < 4.78 is 12.8. The van der Waals surface area contributed by atoms with Gasteiger partial charge in [-0.25, -0.2) is 4.39 Å². The first-order chi connectivity index (χ1) is 7.70. The molecule has 1 N–H and O–H groups in total. The van der Waals surface area contributed by atoms with Crippen LogP contribution in [0.4, 0.5) is 4.39 Å². The molecule has 2 saturated carbocycles. The van der Waals surface area contributed by atoms with Crippen LogP contribution in [0, 0.1) is 11.7 Å². The molecule has 3 heteroatoms. The smallest absolute Gasteiger partial charge is 0.223 e. The van der Waals surface area contributed by atoms with Crippen molar-refractivity contribution in [2.75, 3.05) is 0 Å². The minimum atomic E-state index is -0.229. The fraction of sp³-hybridized carbons (Fsp3) is 0.462. The van der Waals surface area contributed by atoms with E-state index in [1.807, 2.05) is 0 Å². The van der Waals surface area contributed by atoms with Gasteiger partial charge in [-0.05, 0) is 43.4 Å². The number of hydrogen-bond donors (Lipinski definition) is 1.